The SMILES string of the molecule is CC1OC(=O)CC(O)C1=O. The second-order valence-corrected chi connectivity index (χ2v) is 2.25. The molecule has 1 N–H and O–H groups in total. The molecule has 1 aliphatic rings. The maximum absolute atomic E-state index is 10.7. The van der Waals surface area contributed by atoms with E-state index >= 15 is 0 Å². The first-order valence-corrected chi connectivity index (χ1v) is 3.02. The molecule has 0 aromatic heterocycles. The molecule has 0 radical (unpaired) electrons. The van der Waals surface area contributed by atoms with Crippen LogP contribution >= 0.6 is 0 Å². The normalized spacial score (nSPS) is 33.8. The predicted molar refractivity (Wildman–Crippen MR) is 31.2 cm³/mol. The minimum absolute atomic E-state index is 0.205. The largest absolute Gasteiger partial charge is 0.454 e. The molecule has 0 spiro atoms. The number of esters is 1. The van der Waals surface area contributed by atoms with Crippen LogP contribution in [0.2, 0.25) is 0 Å². The first kappa shape index (κ1) is 7.21. The number of carbonyl (C=O) groups is 2. The number of cyclic esters (lactones) is 1. The highest BCUT2D eigenvalue weighted by molar-refractivity contribution is 5.94. The summed E-state index contributed by atoms with van der Waals surface area (Å²) in [6.07, 6.45) is -2.14. The van der Waals surface area contributed by atoms with Crippen molar-refractivity contribution in [3.05, 3.63) is 0 Å². The van der Waals surface area contributed by atoms with Crippen LogP contribution in [0.3, 0.4) is 0 Å². The van der Waals surface area contributed by atoms with E-state index in [0.29, 0.717) is 0 Å². The predicted octanol–water partition coefficient (Wildman–Crippen LogP) is -0.748. The van der Waals surface area contributed by atoms with Gasteiger partial charge >= 0.3 is 5.97 Å². The van der Waals surface area contributed by atoms with E-state index < -0.39 is 24.0 Å². The van der Waals surface area contributed by atoms with E-state index in [1.165, 1.54) is 6.92 Å². The van der Waals surface area contributed by atoms with Gasteiger partial charge in [-0.1, -0.05) is 0 Å². The lowest BCUT2D eigenvalue weighted by Gasteiger charge is -2.20. The van der Waals surface area contributed by atoms with Crippen LogP contribution in [0.15, 0.2) is 0 Å². The van der Waals surface area contributed by atoms with E-state index in [0.717, 1.165) is 0 Å². The van der Waals surface area contributed by atoms with E-state index in [2.05, 4.69) is 4.74 Å². The first-order chi connectivity index (χ1) is 4.61. The molecular formula is C6H8O4. The van der Waals surface area contributed by atoms with Gasteiger partial charge in [0.15, 0.2) is 6.10 Å². The van der Waals surface area contributed by atoms with E-state index in [9.17, 15) is 9.59 Å². The van der Waals surface area contributed by atoms with Crippen LogP contribution in [-0.2, 0) is 14.3 Å². The molecule has 56 valence electrons. The Kier molecular flexibility index (Phi) is 1.72. The van der Waals surface area contributed by atoms with Crippen molar-refractivity contribution in [2.75, 3.05) is 0 Å². The van der Waals surface area contributed by atoms with E-state index in [1.54, 1.807) is 0 Å². The fourth-order valence-electron chi connectivity index (χ4n) is 0.833. The standard InChI is InChI=1S/C6H8O4/c1-3-6(9)4(7)2-5(8)10-3/h3-4,7H,2H2,1H3. The molecule has 0 aromatic carbocycles. The zero-order valence-electron chi connectivity index (χ0n) is 5.53. The van der Waals surface area contributed by atoms with Gasteiger partial charge in [0.25, 0.3) is 0 Å². The lowest BCUT2D eigenvalue weighted by Crippen LogP contribution is -2.40. The second kappa shape index (κ2) is 2.38. The Hall–Kier alpha value is -0.900. The highest BCUT2D eigenvalue weighted by Gasteiger charge is 2.32. The summed E-state index contributed by atoms with van der Waals surface area (Å²) in [5, 5.41) is 8.87. The van der Waals surface area contributed by atoms with Gasteiger partial charge in [0.05, 0.1) is 6.42 Å². The fraction of sp³-hybridized carbons (Fsp3) is 0.667. The summed E-state index contributed by atoms with van der Waals surface area (Å²) in [4.78, 5) is 21.2. The Bertz CT molecular complexity index is 159. The average molecular weight is 144 g/mol. The number of hydrogen-bond donors (Lipinski definition) is 1. The molecule has 2 unspecified atom stereocenters. The summed E-state index contributed by atoms with van der Waals surface area (Å²) >= 11 is 0. The smallest absolute Gasteiger partial charge is 0.309 e. The zero-order chi connectivity index (χ0) is 7.72. The molecule has 1 aliphatic heterocycles. The van der Waals surface area contributed by atoms with Crippen LogP contribution in [0, 0.1) is 0 Å². The van der Waals surface area contributed by atoms with Crippen molar-refractivity contribution in [2.45, 2.75) is 25.6 Å². The average Bonchev–Trinajstić information content (AvgIpc) is 1.82. The van der Waals surface area contributed by atoms with Crippen molar-refractivity contribution in [3.8, 4) is 0 Å². The zero-order valence-corrected chi connectivity index (χ0v) is 5.53. The Morgan fingerprint density at radius 1 is 1.60 bits per heavy atom. The van der Waals surface area contributed by atoms with Crippen molar-refractivity contribution in [1.29, 1.82) is 0 Å². The van der Waals surface area contributed by atoms with Crippen molar-refractivity contribution in [1.82, 2.24) is 0 Å². The molecule has 0 saturated carbocycles. The Morgan fingerprint density at radius 2 is 2.20 bits per heavy atom. The molecule has 4 heteroatoms. The number of hydrogen-bond acceptors (Lipinski definition) is 4. The molecule has 2 atom stereocenters. The van der Waals surface area contributed by atoms with Crippen LogP contribution in [0.4, 0.5) is 0 Å². The number of rotatable bonds is 0. The summed E-state index contributed by atoms with van der Waals surface area (Å²) in [5.74, 6) is -0.931. The Morgan fingerprint density at radius 3 is 2.70 bits per heavy atom. The molecule has 1 saturated heterocycles. The summed E-state index contributed by atoms with van der Waals surface area (Å²) < 4.78 is 4.52. The van der Waals surface area contributed by atoms with Gasteiger partial charge in [-0.15, -0.1) is 0 Å². The number of aliphatic hydroxyl groups is 1. The summed E-state index contributed by atoms with van der Waals surface area (Å²) in [6.45, 7) is 1.45. The molecule has 0 bridgehead atoms. The van der Waals surface area contributed by atoms with Crippen LogP contribution in [0.5, 0.6) is 0 Å². The molecule has 4 nitrogen and oxygen atoms in total. The Balaban J connectivity index is 2.66. The van der Waals surface area contributed by atoms with Gasteiger partial charge in [-0.25, -0.2) is 0 Å². The van der Waals surface area contributed by atoms with Gasteiger partial charge in [-0.05, 0) is 6.92 Å². The molecule has 1 heterocycles. The minimum atomic E-state index is -1.16. The van der Waals surface area contributed by atoms with E-state index in [4.69, 9.17) is 5.11 Å². The minimum Gasteiger partial charge on any atom is -0.454 e. The van der Waals surface area contributed by atoms with Crippen molar-refractivity contribution in [2.24, 2.45) is 0 Å². The monoisotopic (exact) mass is 144 g/mol. The van der Waals surface area contributed by atoms with Crippen molar-refractivity contribution < 1.29 is 19.4 Å². The fourth-order valence-corrected chi connectivity index (χ4v) is 0.833. The van der Waals surface area contributed by atoms with Gasteiger partial charge < -0.3 is 9.84 Å². The van der Waals surface area contributed by atoms with E-state index in [1.807, 2.05) is 0 Å². The van der Waals surface area contributed by atoms with Crippen molar-refractivity contribution in [3.63, 3.8) is 0 Å². The molecular weight excluding hydrogens is 136 g/mol. The molecule has 1 fully saturated rings. The topological polar surface area (TPSA) is 63.6 Å². The molecule has 0 amide bonds. The number of ketones is 1. The number of carbonyl (C=O) groups excluding carboxylic acids is 2. The lowest BCUT2D eigenvalue weighted by molar-refractivity contribution is -0.167. The molecule has 1 rings (SSSR count). The third-order valence-corrected chi connectivity index (χ3v) is 1.40. The van der Waals surface area contributed by atoms with Gasteiger partial charge in [0, 0.05) is 0 Å². The maximum atomic E-state index is 10.7. The van der Waals surface area contributed by atoms with Crippen LogP contribution in [0.25, 0.3) is 0 Å². The summed E-state index contributed by atoms with van der Waals surface area (Å²) in [7, 11) is 0. The quantitative estimate of drug-likeness (QED) is 0.454. The molecule has 0 aliphatic carbocycles. The first-order valence-electron chi connectivity index (χ1n) is 3.02. The second-order valence-electron chi connectivity index (χ2n) is 2.25. The van der Waals surface area contributed by atoms with Crippen LogP contribution in [0.1, 0.15) is 13.3 Å². The number of ether oxygens (including phenoxy) is 1. The van der Waals surface area contributed by atoms with Crippen LogP contribution < -0.4 is 0 Å². The maximum Gasteiger partial charge on any atom is 0.309 e. The summed E-state index contributed by atoms with van der Waals surface area (Å²) in [5.41, 5.74) is 0. The third-order valence-electron chi connectivity index (χ3n) is 1.40. The highest BCUT2D eigenvalue weighted by Crippen LogP contribution is 2.10. The molecule has 0 aromatic rings. The van der Waals surface area contributed by atoms with Gasteiger partial charge in [0.2, 0.25) is 5.78 Å². The lowest BCUT2D eigenvalue weighted by atomic mass is 10.1. The molecule has 10 heavy (non-hydrogen) atoms. The highest BCUT2D eigenvalue weighted by atomic mass is 16.6. The van der Waals surface area contributed by atoms with Gasteiger partial charge in [-0.3, -0.25) is 9.59 Å². The van der Waals surface area contributed by atoms with E-state index in [-0.39, 0.29) is 6.42 Å². The van der Waals surface area contributed by atoms with Gasteiger partial charge in [-0.2, -0.15) is 0 Å². The van der Waals surface area contributed by atoms with Gasteiger partial charge in [0.1, 0.15) is 6.10 Å². The van der Waals surface area contributed by atoms with Crippen LogP contribution in [-0.4, -0.2) is 29.1 Å². The summed E-state index contributed by atoms with van der Waals surface area (Å²) in [6, 6.07) is 0. The van der Waals surface area contributed by atoms with Crippen molar-refractivity contribution >= 4 is 11.8 Å². The third kappa shape index (κ3) is 1.16. The number of Topliss-reactive ketones (excluding diaryl/α,β-unsaturated/α-hetero) is 1. The number of aliphatic hydroxyl groups excluding tert-OH is 1. The Labute approximate surface area is 57.8 Å².